The Morgan fingerprint density at radius 3 is 0.750 bits per heavy atom. The van der Waals surface area contributed by atoms with Crippen molar-refractivity contribution in [3.8, 4) is 40.9 Å². The number of halogens is 1. The Morgan fingerprint density at radius 1 is 0.267 bits per heavy atom. The first-order valence-corrected chi connectivity index (χ1v) is 43.0. The minimum absolute atomic E-state index is 0. The van der Waals surface area contributed by atoms with Gasteiger partial charge in [0, 0.05) is 48.7 Å². The van der Waals surface area contributed by atoms with E-state index in [1.54, 1.807) is 0 Å². The number of aromatic nitrogens is 10. The fourth-order valence-electron chi connectivity index (χ4n) is 17.0. The fraction of sp³-hybridized carbons (Fsp3) is 0.0192. The van der Waals surface area contributed by atoms with Crippen LogP contribution in [0.3, 0.4) is 0 Å². The lowest BCUT2D eigenvalue weighted by atomic mass is 10.2. The number of rotatable bonds is 15. The summed E-state index contributed by atoms with van der Waals surface area (Å²) >= 11 is 6.50. The van der Waals surface area contributed by atoms with E-state index in [9.17, 15) is 10.5 Å². The van der Waals surface area contributed by atoms with Crippen molar-refractivity contribution in [3.63, 3.8) is 0 Å². The summed E-state index contributed by atoms with van der Waals surface area (Å²) in [7, 11) is -6.39. The molecule has 0 fully saturated rings. The molecule has 120 heavy (non-hydrogen) atoms. The maximum atomic E-state index is 10.4. The van der Waals surface area contributed by atoms with Crippen LogP contribution in [0.1, 0.15) is 25.8 Å². The Hall–Kier alpha value is -14.7. The summed E-state index contributed by atoms with van der Waals surface area (Å²) in [6.45, 7) is 0. The van der Waals surface area contributed by atoms with Crippen molar-refractivity contribution < 1.29 is 20.6 Å². The van der Waals surface area contributed by atoms with Crippen LogP contribution in [0.15, 0.2) is 424 Å². The highest BCUT2D eigenvalue weighted by Gasteiger charge is 2.43. The van der Waals surface area contributed by atoms with Gasteiger partial charge >= 0.3 is 7.69 Å². The molecule has 0 aliphatic rings. The van der Waals surface area contributed by atoms with Gasteiger partial charge in [0.15, 0.2) is 22.0 Å². The molecule has 0 aliphatic carbocycles. The van der Waals surface area contributed by atoms with E-state index >= 15 is 0 Å². The molecule has 22 rings (SSSR count). The normalized spacial score (nSPS) is 12.4. The summed E-state index contributed by atoms with van der Waals surface area (Å²) in [5.41, 5.74) is 7.71. The molecule has 6 heterocycles. The van der Waals surface area contributed by atoms with Crippen molar-refractivity contribution >= 4 is 164 Å². The Kier molecular flexibility index (Phi) is 18.6. The number of hydrogen-bond acceptors (Lipinski definition) is 8. The van der Waals surface area contributed by atoms with E-state index in [0.717, 1.165) is 118 Å². The summed E-state index contributed by atoms with van der Waals surface area (Å²) in [4.78, 5) is 29.7. The molecule has 0 unspecified atom stereocenters. The monoisotopic (exact) mass is 1610 g/mol. The molecule has 0 bridgehead atoms. The Bertz CT molecular complexity index is 7300. The van der Waals surface area contributed by atoms with Crippen LogP contribution in [0.2, 0.25) is 5.28 Å². The van der Waals surface area contributed by atoms with E-state index in [0.29, 0.717) is 41.9 Å². The lowest BCUT2D eigenvalue weighted by Crippen LogP contribution is -2.74. The second-order valence-corrected chi connectivity index (χ2v) is 36.1. The molecule has 0 amide bonds. The molecule has 22 aromatic rings. The van der Waals surface area contributed by atoms with Gasteiger partial charge in [0.05, 0.1) is 60.8 Å². The van der Waals surface area contributed by atoms with E-state index in [4.69, 9.17) is 41.7 Å². The highest BCUT2D eigenvalue weighted by atomic mass is 35.5. The smallest absolute Gasteiger partial charge is 0.537 e. The Morgan fingerprint density at radius 2 is 0.492 bits per heavy atom. The highest BCUT2D eigenvalue weighted by Crippen LogP contribution is 2.37. The van der Waals surface area contributed by atoms with E-state index in [2.05, 4.69) is 128 Å². The molecular weight excluding hydrogens is 1520 g/mol. The van der Waals surface area contributed by atoms with Gasteiger partial charge in [0.2, 0.25) is 29.1 Å². The average molecular weight is 1610 g/mol. The first-order valence-electron chi connectivity index (χ1n) is 42.6. The van der Waals surface area contributed by atoms with Crippen LogP contribution in [0.4, 0.5) is 0 Å². The molecule has 0 saturated carbocycles. The molecule has 1 N–H and O–H groups in total. The third-order valence-corrected chi connectivity index (χ3v) is 31.3. The van der Waals surface area contributed by atoms with Gasteiger partial charge in [0.25, 0.3) is 0 Å². The predicted octanol–water partition coefficient (Wildman–Crippen LogP) is 19.1. The number of para-hydroxylation sites is 8. The Labute approximate surface area is 714 Å². The van der Waals surface area contributed by atoms with Gasteiger partial charge in [-0.25, -0.2) is 0 Å². The van der Waals surface area contributed by atoms with Crippen LogP contribution in [-0.4, -0.2) is 77.0 Å². The van der Waals surface area contributed by atoms with Gasteiger partial charge < -0.3 is 9.68 Å². The van der Waals surface area contributed by atoms with Crippen LogP contribution in [0.5, 0.6) is 5.75 Å². The fourth-order valence-corrected chi connectivity index (χ4v) is 26.2. The molecule has 12 nitrogen and oxygen atoms in total. The lowest BCUT2D eigenvalue weighted by Gasteiger charge is -2.34. The van der Waals surface area contributed by atoms with Crippen LogP contribution in [0, 0.1) is 0 Å². The van der Waals surface area contributed by atoms with Gasteiger partial charge in [-0.1, -0.05) is 379 Å². The van der Waals surface area contributed by atoms with Crippen molar-refractivity contribution in [1.82, 2.24) is 48.2 Å². The van der Waals surface area contributed by atoms with Crippen molar-refractivity contribution in [2.75, 3.05) is 0 Å². The zero-order chi connectivity index (χ0) is 85.9. The number of nitrogens with zero attached hydrogens (tertiary/aromatic N) is 10. The van der Waals surface area contributed by atoms with Crippen molar-refractivity contribution in [1.29, 1.82) is 0 Å². The standard InChI is InChI=1S/C51H35N5Si.C27H16ClN5.C24H20BO2Si.2CH4/c1-4-20-37(21-5-1)57(38-22-6-2-7-23-38,39-24-8-3-9-25-39)40-26-18-19-36(35-40)49-52-50(55-45-31-14-10-27-41(45)42-28-11-15-32-46(42)55)54-51(53-49)56-47-33-16-12-29-43(47)44-30-13-17-34-48(44)56;28-25-29-26(32-21-13-5-1-9-17(21)18-10-2-6-14-22(18)32)31-27(30-25)33-23-15-7-3-11-19(23)20-12-4-8-16-24(20)33;26-25-27-20-11-10-18-24(19-20)28(21-12-4-1-5-13-21,22-14-6-2-7-15-22)23-16-8-3-9-17-23;;/h1-35H;1-16H;1-19,26H;2*1H4/i18D,19D,26D,35D;;10D,11D,18D,19D;;. The average Bonchev–Trinajstić information content (AvgIpc) is 1.17. The third kappa shape index (κ3) is 13.4. The van der Waals surface area contributed by atoms with Crippen LogP contribution >= 0.6 is 11.6 Å². The number of fused-ring (bicyclic) bond motifs is 12. The number of benzene rings is 16. The first kappa shape index (κ1) is 67.5. The van der Waals surface area contributed by atoms with E-state index < -0.39 is 22.2 Å². The minimum Gasteiger partial charge on any atom is -0.537 e. The SMILES string of the molecule is C.C.Clc1nc(-n2c3ccccc3c3ccccc32)nc(-n2c3ccccc3c3ccccc32)n1.[2H]c1c([2H])c(-c2nc(-n3c4ccccc4c4ccccc43)nc(-n3c4ccccc4c4ccccc43)n2)c([2H])c([Si](c2ccccc2)(c2ccccc2)c2ccccc2)c1[2H].[2H]c1c([2H])c(O[B]O)c([2H])c([Si](c2ccccc2)(c2ccccc2)c2ccccc2)c1[2H]. The summed E-state index contributed by atoms with van der Waals surface area (Å²) < 4.78 is 87.1. The largest absolute Gasteiger partial charge is 0.569 e. The maximum absolute atomic E-state index is 10.4. The zero-order valence-corrected chi connectivity index (χ0v) is 65.8. The maximum Gasteiger partial charge on any atom is 0.569 e. The van der Waals surface area contributed by atoms with Gasteiger partial charge in [-0.2, -0.15) is 29.9 Å². The predicted molar refractivity (Wildman–Crippen MR) is 503 cm³/mol. The number of hydrogen-bond donors (Lipinski definition) is 1. The second-order valence-electron chi connectivity index (χ2n) is 28.3. The molecule has 0 atom stereocenters. The summed E-state index contributed by atoms with van der Waals surface area (Å²) in [5.74, 6) is 1.43. The van der Waals surface area contributed by atoms with Crippen molar-refractivity contribution in [2.45, 2.75) is 14.9 Å². The van der Waals surface area contributed by atoms with Crippen molar-refractivity contribution in [2.24, 2.45) is 0 Å². The van der Waals surface area contributed by atoms with E-state index in [-0.39, 0.29) is 79.6 Å². The topological polar surface area (TPSA) is 127 Å². The Balaban J connectivity index is 0.000000140. The minimum atomic E-state index is -3.55. The summed E-state index contributed by atoms with van der Waals surface area (Å²) in [6, 6.07) is 123. The van der Waals surface area contributed by atoms with Gasteiger partial charge in [-0.15, -0.1) is 0 Å². The summed E-state index contributed by atoms with van der Waals surface area (Å²) in [5, 5.41) is 24.5. The second kappa shape index (κ2) is 33.1. The van der Waals surface area contributed by atoms with Gasteiger partial charge in [-0.05, 0) is 114 Å². The van der Waals surface area contributed by atoms with Crippen LogP contribution in [0.25, 0.3) is 122 Å². The van der Waals surface area contributed by atoms with Crippen LogP contribution in [-0.2, 0) is 0 Å². The first-order chi connectivity index (χ1) is 61.8. The summed E-state index contributed by atoms with van der Waals surface area (Å²) in [6.07, 6.45) is 0. The van der Waals surface area contributed by atoms with Crippen molar-refractivity contribution in [3.05, 3.63) is 430 Å². The van der Waals surface area contributed by atoms with Gasteiger partial charge in [-0.3, -0.25) is 18.3 Å². The molecule has 575 valence electrons. The van der Waals surface area contributed by atoms with Gasteiger partial charge in [0.1, 0.15) is 0 Å². The molecule has 16 heteroatoms. The van der Waals surface area contributed by atoms with Crippen LogP contribution < -0.4 is 46.1 Å². The molecule has 1 radical (unpaired) electrons. The molecule has 16 aromatic carbocycles. The quantitative estimate of drug-likeness (QED) is 0.0794. The zero-order valence-electron chi connectivity index (χ0n) is 71.1. The van der Waals surface area contributed by atoms with E-state index in [1.807, 2.05) is 276 Å². The third-order valence-electron chi connectivity index (χ3n) is 21.9. The molecule has 0 spiro atoms. The highest BCUT2D eigenvalue weighted by molar-refractivity contribution is 7.20. The molecule has 0 saturated heterocycles. The molecular formula is C104H79BClN10O2Si2. The van der Waals surface area contributed by atoms with E-state index in [1.165, 1.54) is 0 Å². The molecule has 6 aromatic heterocycles. The molecule has 0 aliphatic heterocycles. The lowest BCUT2D eigenvalue weighted by molar-refractivity contribution is 0.454.